The fourth-order valence-electron chi connectivity index (χ4n) is 2.02. The Balaban J connectivity index is 1.83. The second-order valence-corrected chi connectivity index (χ2v) is 4.40. The normalized spacial score (nSPS) is 20.4. The minimum atomic E-state index is 0.0740. The molecule has 0 radical (unpaired) electrons. The highest BCUT2D eigenvalue weighted by Gasteiger charge is 2.37. The molecule has 0 saturated carbocycles. The predicted octanol–water partition coefficient (Wildman–Crippen LogP) is 1.91. The molecule has 1 aromatic rings. The molecule has 76 valence electrons. The molecule has 1 aliphatic rings. The highest BCUT2D eigenvalue weighted by atomic mass is 16.5. The molecule has 1 saturated heterocycles. The Morgan fingerprint density at radius 1 is 1.29 bits per heavy atom. The van der Waals surface area contributed by atoms with E-state index < -0.39 is 0 Å². The molecule has 0 spiro atoms. The average Bonchev–Trinajstić information content (AvgIpc) is 2.15. The van der Waals surface area contributed by atoms with Crippen LogP contribution in [0.3, 0.4) is 0 Å². The summed E-state index contributed by atoms with van der Waals surface area (Å²) in [6.45, 7) is 4.99. The number of nitrogens with zero attached hydrogens (tertiary/aromatic N) is 1. The van der Waals surface area contributed by atoms with Gasteiger partial charge in [-0.05, 0) is 19.5 Å². The van der Waals surface area contributed by atoms with E-state index >= 15 is 0 Å². The molecule has 0 N–H and O–H groups in total. The van der Waals surface area contributed by atoms with E-state index in [1.807, 2.05) is 18.2 Å². The van der Waals surface area contributed by atoms with Gasteiger partial charge in [0.05, 0.1) is 12.2 Å². The molecular weight excluding hydrogens is 174 g/mol. The van der Waals surface area contributed by atoms with Crippen LogP contribution in [0.2, 0.25) is 0 Å². The quantitative estimate of drug-likeness (QED) is 0.723. The first-order chi connectivity index (χ1) is 6.68. The molecule has 0 bridgehead atoms. The van der Waals surface area contributed by atoms with Crippen molar-refractivity contribution in [2.75, 3.05) is 20.1 Å². The van der Waals surface area contributed by atoms with Crippen molar-refractivity contribution in [3.63, 3.8) is 0 Å². The van der Waals surface area contributed by atoms with E-state index in [-0.39, 0.29) is 5.60 Å². The van der Waals surface area contributed by atoms with Crippen molar-refractivity contribution in [3.8, 4) is 0 Å². The predicted molar refractivity (Wildman–Crippen MR) is 57.1 cm³/mol. The van der Waals surface area contributed by atoms with Crippen LogP contribution in [0.1, 0.15) is 12.5 Å². The first-order valence-electron chi connectivity index (χ1n) is 5.04. The van der Waals surface area contributed by atoms with E-state index in [1.54, 1.807) is 0 Å². The third kappa shape index (κ3) is 2.14. The summed E-state index contributed by atoms with van der Waals surface area (Å²) >= 11 is 0. The van der Waals surface area contributed by atoms with Gasteiger partial charge >= 0.3 is 0 Å². The smallest absolute Gasteiger partial charge is 0.0911 e. The van der Waals surface area contributed by atoms with Crippen LogP contribution in [0.15, 0.2) is 30.3 Å². The SMILES string of the molecule is CN1CC(C)(OCc2ccccc2)C1. The first kappa shape index (κ1) is 9.69. The van der Waals surface area contributed by atoms with E-state index in [0.717, 1.165) is 19.7 Å². The number of rotatable bonds is 3. The summed E-state index contributed by atoms with van der Waals surface area (Å²) in [4.78, 5) is 2.27. The lowest BCUT2D eigenvalue weighted by molar-refractivity contribution is -0.131. The summed E-state index contributed by atoms with van der Waals surface area (Å²) in [6.07, 6.45) is 0. The third-order valence-corrected chi connectivity index (χ3v) is 2.64. The van der Waals surface area contributed by atoms with Crippen molar-refractivity contribution < 1.29 is 4.74 Å². The Kier molecular flexibility index (Phi) is 2.57. The Labute approximate surface area is 85.5 Å². The van der Waals surface area contributed by atoms with Crippen molar-refractivity contribution in [2.45, 2.75) is 19.1 Å². The van der Waals surface area contributed by atoms with Gasteiger partial charge in [0.25, 0.3) is 0 Å². The van der Waals surface area contributed by atoms with Gasteiger partial charge in [-0.2, -0.15) is 0 Å². The minimum Gasteiger partial charge on any atom is -0.368 e. The first-order valence-corrected chi connectivity index (χ1v) is 5.04. The number of benzene rings is 1. The minimum absolute atomic E-state index is 0.0740. The molecule has 1 aliphatic heterocycles. The molecule has 0 unspecified atom stereocenters. The van der Waals surface area contributed by atoms with Crippen molar-refractivity contribution >= 4 is 0 Å². The second-order valence-electron chi connectivity index (χ2n) is 4.40. The fourth-order valence-corrected chi connectivity index (χ4v) is 2.02. The number of likely N-dealkylation sites (tertiary alicyclic amines) is 1. The summed E-state index contributed by atoms with van der Waals surface area (Å²) in [6, 6.07) is 10.3. The highest BCUT2D eigenvalue weighted by Crippen LogP contribution is 2.23. The molecule has 1 fully saturated rings. The molecule has 2 rings (SSSR count). The monoisotopic (exact) mass is 191 g/mol. The number of ether oxygens (including phenoxy) is 1. The van der Waals surface area contributed by atoms with Crippen LogP contribution < -0.4 is 0 Å². The molecule has 0 amide bonds. The van der Waals surface area contributed by atoms with Crippen LogP contribution in [-0.4, -0.2) is 30.6 Å². The van der Waals surface area contributed by atoms with Crippen molar-refractivity contribution in [1.82, 2.24) is 4.90 Å². The highest BCUT2D eigenvalue weighted by molar-refractivity contribution is 5.13. The zero-order chi connectivity index (χ0) is 10.0. The molecular formula is C12H17NO. The summed E-state index contributed by atoms with van der Waals surface area (Å²) in [7, 11) is 2.12. The van der Waals surface area contributed by atoms with Gasteiger partial charge < -0.3 is 9.64 Å². The molecule has 1 heterocycles. The maximum atomic E-state index is 5.88. The molecule has 0 aromatic heterocycles. The van der Waals surface area contributed by atoms with Crippen LogP contribution in [0, 0.1) is 0 Å². The van der Waals surface area contributed by atoms with Crippen LogP contribution in [0.5, 0.6) is 0 Å². The Bertz CT molecular complexity index is 290. The Morgan fingerprint density at radius 3 is 2.50 bits per heavy atom. The molecule has 2 nitrogen and oxygen atoms in total. The number of likely N-dealkylation sites (N-methyl/N-ethyl adjacent to an activating group) is 1. The van der Waals surface area contributed by atoms with E-state index in [2.05, 4.69) is 31.0 Å². The summed E-state index contributed by atoms with van der Waals surface area (Å²) in [5.74, 6) is 0. The van der Waals surface area contributed by atoms with Crippen LogP contribution in [0.4, 0.5) is 0 Å². The Morgan fingerprint density at radius 2 is 1.93 bits per heavy atom. The van der Waals surface area contributed by atoms with Gasteiger partial charge in [0.15, 0.2) is 0 Å². The topological polar surface area (TPSA) is 12.5 Å². The van der Waals surface area contributed by atoms with Crippen molar-refractivity contribution in [2.24, 2.45) is 0 Å². The Hall–Kier alpha value is -0.860. The maximum Gasteiger partial charge on any atom is 0.0911 e. The van der Waals surface area contributed by atoms with E-state index in [9.17, 15) is 0 Å². The van der Waals surface area contributed by atoms with Gasteiger partial charge in [0.2, 0.25) is 0 Å². The second kappa shape index (κ2) is 3.71. The maximum absolute atomic E-state index is 5.88. The van der Waals surface area contributed by atoms with Crippen molar-refractivity contribution in [1.29, 1.82) is 0 Å². The van der Waals surface area contributed by atoms with Crippen molar-refractivity contribution in [3.05, 3.63) is 35.9 Å². The molecule has 2 heteroatoms. The van der Waals surface area contributed by atoms with Gasteiger partial charge in [0, 0.05) is 13.1 Å². The van der Waals surface area contributed by atoms with Gasteiger partial charge in [-0.25, -0.2) is 0 Å². The molecule has 14 heavy (non-hydrogen) atoms. The lowest BCUT2D eigenvalue weighted by atomic mass is 9.97. The largest absolute Gasteiger partial charge is 0.368 e. The summed E-state index contributed by atoms with van der Waals surface area (Å²) < 4.78 is 5.88. The lowest BCUT2D eigenvalue weighted by Crippen LogP contribution is -2.59. The zero-order valence-electron chi connectivity index (χ0n) is 8.86. The van der Waals surface area contributed by atoms with Gasteiger partial charge in [0.1, 0.15) is 0 Å². The average molecular weight is 191 g/mol. The van der Waals surface area contributed by atoms with Crippen LogP contribution in [-0.2, 0) is 11.3 Å². The molecule has 0 aliphatic carbocycles. The standard InChI is InChI=1S/C12H17NO/c1-12(9-13(2)10-12)14-8-11-6-4-3-5-7-11/h3-7H,8-10H2,1-2H3. The van der Waals surface area contributed by atoms with E-state index in [4.69, 9.17) is 4.74 Å². The molecule has 0 atom stereocenters. The third-order valence-electron chi connectivity index (χ3n) is 2.64. The van der Waals surface area contributed by atoms with Crippen LogP contribution >= 0.6 is 0 Å². The molecule has 1 aromatic carbocycles. The summed E-state index contributed by atoms with van der Waals surface area (Å²) in [5, 5.41) is 0. The zero-order valence-corrected chi connectivity index (χ0v) is 8.86. The fraction of sp³-hybridized carbons (Fsp3) is 0.500. The van der Waals surface area contributed by atoms with Crippen LogP contribution in [0.25, 0.3) is 0 Å². The summed E-state index contributed by atoms with van der Waals surface area (Å²) in [5.41, 5.74) is 1.33. The lowest BCUT2D eigenvalue weighted by Gasteiger charge is -2.45. The van der Waals surface area contributed by atoms with E-state index in [0.29, 0.717) is 0 Å². The van der Waals surface area contributed by atoms with Gasteiger partial charge in [-0.15, -0.1) is 0 Å². The van der Waals surface area contributed by atoms with E-state index in [1.165, 1.54) is 5.56 Å². The van der Waals surface area contributed by atoms with Gasteiger partial charge in [-0.3, -0.25) is 0 Å². The number of hydrogen-bond acceptors (Lipinski definition) is 2. The van der Waals surface area contributed by atoms with Gasteiger partial charge in [-0.1, -0.05) is 30.3 Å². The number of hydrogen-bond donors (Lipinski definition) is 0.